The number of aromatic nitrogens is 3. The topological polar surface area (TPSA) is 76.2 Å². The Hall–Kier alpha value is -4.14. The number of para-hydroxylation sites is 2. The number of aromatic amines is 1. The van der Waals surface area contributed by atoms with Crippen LogP contribution in [0.4, 0.5) is 8.78 Å². The minimum atomic E-state index is -0.930. The maximum atomic E-state index is 14.4. The molecule has 35 heavy (non-hydrogen) atoms. The number of carbonyl (C=O) groups excluding carboxylic acids is 1. The molecule has 0 bridgehead atoms. The molecule has 2 aromatic carbocycles. The van der Waals surface area contributed by atoms with Gasteiger partial charge in [0.1, 0.15) is 5.69 Å². The predicted molar refractivity (Wildman–Crippen MR) is 126 cm³/mol. The summed E-state index contributed by atoms with van der Waals surface area (Å²) in [6.45, 7) is 0.932. The van der Waals surface area contributed by atoms with Crippen LogP contribution in [0.1, 0.15) is 34.9 Å². The Balaban J connectivity index is 1.26. The third-order valence-electron chi connectivity index (χ3n) is 6.84. The Morgan fingerprint density at radius 1 is 1.03 bits per heavy atom. The Kier molecular flexibility index (Phi) is 5.05. The van der Waals surface area contributed by atoms with Crippen LogP contribution in [0.3, 0.4) is 0 Å². The lowest BCUT2D eigenvalue weighted by atomic mass is 10.0. The molecule has 9 heteroatoms. The Morgan fingerprint density at radius 2 is 1.83 bits per heavy atom. The van der Waals surface area contributed by atoms with Crippen LogP contribution >= 0.6 is 0 Å². The van der Waals surface area contributed by atoms with E-state index in [0.717, 1.165) is 17.1 Å². The molecule has 0 aliphatic carbocycles. The molecule has 1 saturated heterocycles. The number of halogens is 2. The number of imidazole rings is 1. The van der Waals surface area contributed by atoms with E-state index in [9.17, 15) is 18.4 Å². The highest BCUT2D eigenvalue weighted by atomic mass is 19.2. The van der Waals surface area contributed by atoms with Crippen LogP contribution < -0.4 is 5.69 Å². The van der Waals surface area contributed by atoms with Crippen LogP contribution in [0, 0.1) is 11.6 Å². The third-order valence-corrected chi connectivity index (χ3v) is 6.84. The van der Waals surface area contributed by atoms with Crippen LogP contribution in [-0.4, -0.2) is 38.0 Å². The normalized spacial score (nSPS) is 14.9. The van der Waals surface area contributed by atoms with Crippen molar-refractivity contribution in [2.45, 2.75) is 25.4 Å². The molecule has 5 aromatic rings. The molecular weight excluding hydrogens is 454 g/mol. The number of H-pyrrole nitrogens is 1. The highest BCUT2D eigenvalue weighted by Crippen LogP contribution is 2.28. The zero-order valence-corrected chi connectivity index (χ0v) is 18.7. The van der Waals surface area contributed by atoms with Crippen LogP contribution in [0.5, 0.6) is 0 Å². The number of nitrogens with one attached hydrogen (secondary N) is 1. The second kappa shape index (κ2) is 8.26. The molecule has 1 aliphatic rings. The quantitative estimate of drug-likeness (QED) is 0.409. The number of likely N-dealkylation sites (tertiary alicyclic amines) is 1. The molecule has 4 heterocycles. The number of fused-ring (bicyclic) bond motifs is 2. The smallest absolute Gasteiger partial charge is 0.326 e. The standard InChI is InChI=1S/C26H22F2N4O3/c27-18-5-3-4-16(24(18)28)15-31-21-10-13-35-23(21)14-22(31)25(33)30-11-8-17(9-12-30)32-20-7-2-1-6-19(20)29-26(32)34/h1-7,10,13-14,17H,8-9,11-12,15H2,(H,29,34). The van der Waals surface area contributed by atoms with Crippen LogP contribution in [-0.2, 0) is 6.54 Å². The van der Waals surface area contributed by atoms with Crippen LogP contribution in [0.2, 0.25) is 0 Å². The van der Waals surface area contributed by atoms with Crippen molar-refractivity contribution in [2.75, 3.05) is 13.1 Å². The van der Waals surface area contributed by atoms with Gasteiger partial charge in [-0.05, 0) is 31.0 Å². The first-order chi connectivity index (χ1) is 17.0. The zero-order valence-electron chi connectivity index (χ0n) is 18.7. The number of benzene rings is 2. The third kappa shape index (κ3) is 3.54. The summed E-state index contributed by atoms with van der Waals surface area (Å²) < 4.78 is 37.1. The van der Waals surface area contributed by atoms with Gasteiger partial charge in [0, 0.05) is 36.8 Å². The molecule has 1 fully saturated rings. The Morgan fingerprint density at radius 3 is 2.66 bits per heavy atom. The van der Waals surface area contributed by atoms with E-state index in [4.69, 9.17) is 4.42 Å². The largest absolute Gasteiger partial charge is 0.463 e. The molecule has 0 atom stereocenters. The van der Waals surface area contributed by atoms with Crippen molar-refractivity contribution in [2.24, 2.45) is 0 Å². The monoisotopic (exact) mass is 476 g/mol. The van der Waals surface area contributed by atoms with E-state index in [2.05, 4.69) is 4.98 Å². The molecule has 0 saturated carbocycles. The fraction of sp³-hybridized carbons (Fsp3) is 0.231. The minimum Gasteiger partial charge on any atom is -0.463 e. The average molecular weight is 476 g/mol. The molecule has 7 nitrogen and oxygen atoms in total. The second-order valence-electron chi connectivity index (χ2n) is 8.84. The molecule has 1 amide bonds. The number of amides is 1. The molecule has 6 rings (SSSR count). The molecule has 1 aliphatic heterocycles. The minimum absolute atomic E-state index is 0.00506. The van der Waals surface area contributed by atoms with Crippen molar-refractivity contribution in [3.8, 4) is 0 Å². The summed E-state index contributed by atoms with van der Waals surface area (Å²) in [5.41, 5.74) is 3.14. The summed E-state index contributed by atoms with van der Waals surface area (Å²) in [4.78, 5) is 30.7. The molecule has 0 spiro atoms. The van der Waals surface area contributed by atoms with Gasteiger partial charge in [0.25, 0.3) is 5.91 Å². The van der Waals surface area contributed by atoms with Crippen LogP contribution in [0.15, 0.2) is 70.1 Å². The van der Waals surface area contributed by atoms with E-state index in [0.29, 0.717) is 42.7 Å². The van der Waals surface area contributed by atoms with E-state index in [1.807, 2.05) is 24.3 Å². The maximum Gasteiger partial charge on any atom is 0.326 e. The molecule has 0 unspecified atom stereocenters. The van der Waals surface area contributed by atoms with Crippen LogP contribution in [0.25, 0.3) is 22.1 Å². The molecule has 0 radical (unpaired) electrons. The number of nitrogens with zero attached hydrogens (tertiary/aromatic N) is 3. The summed E-state index contributed by atoms with van der Waals surface area (Å²) in [6, 6.07) is 14.9. The summed E-state index contributed by atoms with van der Waals surface area (Å²) in [7, 11) is 0. The zero-order chi connectivity index (χ0) is 24.1. The van der Waals surface area contributed by atoms with Gasteiger partial charge in [-0.1, -0.05) is 24.3 Å². The molecular formula is C26H22F2N4O3. The fourth-order valence-corrected chi connectivity index (χ4v) is 5.09. The van der Waals surface area contributed by atoms with Gasteiger partial charge in [0.2, 0.25) is 0 Å². The molecule has 1 N–H and O–H groups in total. The lowest BCUT2D eigenvalue weighted by Gasteiger charge is -2.32. The number of furan rings is 1. The van der Waals surface area contributed by atoms with Gasteiger partial charge < -0.3 is 18.9 Å². The number of carbonyl (C=O) groups is 1. The Bertz CT molecular complexity index is 1620. The van der Waals surface area contributed by atoms with E-state index >= 15 is 0 Å². The maximum absolute atomic E-state index is 14.4. The summed E-state index contributed by atoms with van der Waals surface area (Å²) >= 11 is 0. The first-order valence-corrected chi connectivity index (χ1v) is 11.5. The molecule has 178 valence electrons. The first-order valence-electron chi connectivity index (χ1n) is 11.5. The van der Waals surface area contributed by atoms with Gasteiger partial charge in [-0.15, -0.1) is 0 Å². The SMILES string of the molecule is O=C(c1cc2occc2n1Cc1cccc(F)c1F)N1CCC(n2c(=O)[nH]c3ccccc32)CC1. The number of hydrogen-bond acceptors (Lipinski definition) is 3. The van der Waals surface area contributed by atoms with Crippen molar-refractivity contribution in [1.82, 2.24) is 19.0 Å². The predicted octanol–water partition coefficient (Wildman–Crippen LogP) is 4.68. The van der Waals surface area contributed by atoms with E-state index < -0.39 is 11.6 Å². The van der Waals surface area contributed by atoms with Crippen molar-refractivity contribution < 1.29 is 18.0 Å². The van der Waals surface area contributed by atoms with Gasteiger partial charge >= 0.3 is 5.69 Å². The van der Waals surface area contributed by atoms with Gasteiger partial charge in [0.05, 0.1) is 29.4 Å². The fourth-order valence-electron chi connectivity index (χ4n) is 5.09. The van der Waals surface area contributed by atoms with Crippen molar-refractivity contribution in [3.63, 3.8) is 0 Å². The lowest BCUT2D eigenvalue weighted by molar-refractivity contribution is 0.0685. The van der Waals surface area contributed by atoms with E-state index in [-0.39, 0.29) is 29.7 Å². The van der Waals surface area contributed by atoms with Gasteiger partial charge in [0.15, 0.2) is 17.2 Å². The second-order valence-corrected chi connectivity index (χ2v) is 8.84. The van der Waals surface area contributed by atoms with Crippen molar-refractivity contribution in [1.29, 1.82) is 0 Å². The van der Waals surface area contributed by atoms with Crippen molar-refractivity contribution >= 4 is 28.0 Å². The lowest BCUT2D eigenvalue weighted by Crippen LogP contribution is -2.41. The molecule has 3 aromatic heterocycles. The highest BCUT2D eigenvalue weighted by molar-refractivity contribution is 5.97. The number of hydrogen-bond donors (Lipinski definition) is 1. The number of rotatable bonds is 4. The van der Waals surface area contributed by atoms with Gasteiger partial charge in [-0.2, -0.15) is 0 Å². The van der Waals surface area contributed by atoms with Gasteiger partial charge in [-0.3, -0.25) is 9.36 Å². The first kappa shape index (κ1) is 21.4. The van der Waals surface area contributed by atoms with Gasteiger partial charge in [-0.25, -0.2) is 13.6 Å². The summed E-state index contributed by atoms with van der Waals surface area (Å²) in [5, 5.41) is 0. The van der Waals surface area contributed by atoms with Crippen molar-refractivity contribution in [3.05, 3.63) is 94.2 Å². The highest BCUT2D eigenvalue weighted by Gasteiger charge is 2.29. The summed E-state index contributed by atoms with van der Waals surface area (Å²) in [6.07, 6.45) is 2.76. The summed E-state index contributed by atoms with van der Waals surface area (Å²) in [5.74, 6) is -2.07. The van der Waals surface area contributed by atoms with E-state index in [1.54, 1.807) is 26.2 Å². The Labute approximate surface area is 198 Å². The average Bonchev–Trinajstić information content (AvgIpc) is 3.55. The van der Waals surface area contributed by atoms with E-state index in [1.165, 1.54) is 18.4 Å². The number of piperidine rings is 1.